The van der Waals surface area contributed by atoms with Gasteiger partial charge in [-0.3, -0.25) is 4.98 Å². The number of pyridine rings is 1. The van der Waals surface area contributed by atoms with Gasteiger partial charge in [-0.25, -0.2) is 0 Å². The van der Waals surface area contributed by atoms with Gasteiger partial charge in [-0.2, -0.15) is 0 Å². The average Bonchev–Trinajstić information content (AvgIpc) is 2.94. The highest BCUT2D eigenvalue weighted by Crippen LogP contribution is 2.33. The van der Waals surface area contributed by atoms with Crippen molar-refractivity contribution in [2.75, 3.05) is 5.32 Å². The van der Waals surface area contributed by atoms with Crippen molar-refractivity contribution < 1.29 is 0 Å². The number of hydrogen-bond donors (Lipinski definition) is 1. The van der Waals surface area contributed by atoms with Crippen molar-refractivity contribution in [1.29, 1.82) is 0 Å². The zero-order valence-electron chi connectivity index (χ0n) is 14.9. The third kappa shape index (κ3) is 3.12. The van der Waals surface area contributed by atoms with E-state index in [0.29, 0.717) is 0 Å². The van der Waals surface area contributed by atoms with Crippen molar-refractivity contribution >= 4 is 38.0 Å². The van der Waals surface area contributed by atoms with Crippen molar-refractivity contribution in [2.45, 2.75) is 33.6 Å². The van der Waals surface area contributed by atoms with E-state index in [0.717, 1.165) is 24.0 Å². The minimum absolute atomic E-state index is 0.916. The monoisotopic (exact) mass is 346 g/mol. The smallest absolute Gasteiger partial charge is 0.0729 e. The van der Waals surface area contributed by atoms with E-state index >= 15 is 0 Å². The van der Waals surface area contributed by atoms with Crippen LogP contribution in [0, 0.1) is 0 Å². The van der Waals surface area contributed by atoms with E-state index in [4.69, 9.17) is 0 Å². The summed E-state index contributed by atoms with van der Waals surface area (Å²) in [5, 5.41) is 6.12. The molecule has 2 nitrogen and oxygen atoms in total. The normalized spacial score (nSPS) is 14.9. The number of thiophene rings is 1. The lowest BCUT2D eigenvalue weighted by Gasteiger charge is -2.12. The summed E-state index contributed by atoms with van der Waals surface area (Å²) in [4.78, 5) is 6.01. The molecule has 0 radical (unpaired) electrons. The zero-order valence-corrected chi connectivity index (χ0v) is 15.7. The number of allylic oxidation sites excluding steroid dienone is 5. The zero-order chi connectivity index (χ0) is 17.4. The Bertz CT molecular complexity index is 1050. The average molecular weight is 346 g/mol. The molecule has 2 aromatic heterocycles. The molecular weight excluding hydrogens is 324 g/mol. The summed E-state index contributed by atoms with van der Waals surface area (Å²) in [6, 6.07) is 8.85. The van der Waals surface area contributed by atoms with Crippen molar-refractivity contribution in [2.24, 2.45) is 0 Å². The van der Waals surface area contributed by atoms with Crippen molar-refractivity contribution in [3.05, 3.63) is 70.4 Å². The van der Waals surface area contributed by atoms with Crippen LogP contribution in [0.25, 0.3) is 21.0 Å². The van der Waals surface area contributed by atoms with Crippen LogP contribution in [0.2, 0.25) is 0 Å². The van der Waals surface area contributed by atoms with Gasteiger partial charge < -0.3 is 5.32 Å². The number of hydrogen-bond acceptors (Lipinski definition) is 3. The van der Waals surface area contributed by atoms with E-state index in [1.807, 2.05) is 17.5 Å². The minimum atomic E-state index is 0.916. The van der Waals surface area contributed by atoms with Gasteiger partial charge in [0.2, 0.25) is 0 Å². The number of fused-ring (bicyclic) bond motifs is 2. The third-order valence-corrected chi connectivity index (χ3v) is 6.03. The lowest BCUT2D eigenvalue weighted by molar-refractivity contribution is 1.19. The van der Waals surface area contributed by atoms with E-state index in [1.165, 1.54) is 37.2 Å². The highest BCUT2D eigenvalue weighted by atomic mass is 32.1. The van der Waals surface area contributed by atoms with Crippen LogP contribution in [0.15, 0.2) is 65.5 Å². The summed E-state index contributed by atoms with van der Waals surface area (Å²) in [7, 11) is 0. The molecule has 0 spiro atoms. The highest BCUT2D eigenvalue weighted by Gasteiger charge is 2.09. The molecule has 1 aromatic carbocycles. The van der Waals surface area contributed by atoms with Gasteiger partial charge in [0, 0.05) is 39.0 Å². The van der Waals surface area contributed by atoms with Gasteiger partial charge in [-0.05, 0) is 67.1 Å². The van der Waals surface area contributed by atoms with Crippen LogP contribution in [0.3, 0.4) is 0 Å². The van der Waals surface area contributed by atoms with Crippen LogP contribution in [0.5, 0.6) is 0 Å². The van der Waals surface area contributed by atoms with Gasteiger partial charge in [0.05, 0.1) is 5.52 Å². The standard InChI is InChI=1S/C22H22N2S/c1-4-18-11-16-12-21-19(13-22(16)25-18)20(8-9-23-21)24-17-7-5-6-14(2)15(3)10-17/h5-6,8-13H,4,7H2,1-3H3,(H,23,24). The van der Waals surface area contributed by atoms with Gasteiger partial charge in [-0.15, -0.1) is 11.3 Å². The second kappa shape index (κ2) is 6.49. The minimum Gasteiger partial charge on any atom is -0.358 e. The molecule has 3 heteroatoms. The Kier molecular flexibility index (Phi) is 4.18. The topological polar surface area (TPSA) is 24.9 Å². The van der Waals surface area contributed by atoms with Crippen molar-refractivity contribution in [3.63, 3.8) is 0 Å². The number of rotatable bonds is 3. The molecule has 0 saturated carbocycles. The SMILES string of the molecule is CCc1cc2cc3nccc(NC4=CC(C)=C(C)C=CC4)c3cc2s1. The second-order valence-corrected chi connectivity index (χ2v) is 7.77. The predicted octanol–water partition coefficient (Wildman–Crippen LogP) is 6.60. The summed E-state index contributed by atoms with van der Waals surface area (Å²) in [6.45, 7) is 6.53. The first-order valence-electron chi connectivity index (χ1n) is 8.77. The fourth-order valence-corrected chi connectivity index (χ4v) is 4.23. The molecule has 4 rings (SSSR count). The van der Waals surface area contributed by atoms with Crippen molar-refractivity contribution in [3.8, 4) is 0 Å². The first kappa shape index (κ1) is 16.1. The quantitative estimate of drug-likeness (QED) is 0.577. The molecule has 126 valence electrons. The van der Waals surface area contributed by atoms with E-state index in [2.05, 4.69) is 73.6 Å². The molecule has 2 heterocycles. The Labute approximate surface area is 152 Å². The number of nitrogens with zero attached hydrogens (tertiary/aromatic N) is 1. The lowest BCUT2D eigenvalue weighted by Crippen LogP contribution is -2.00. The van der Waals surface area contributed by atoms with E-state index < -0.39 is 0 Å². The summed E-state index contributed by atoms with van der Waals surface area (Å²) in [6.07, 6.45) is 10.6. The fourth-order valence-electron chi connectivity index (χ4n) is 3.21. The molecule has 0 unspecified atom stereocenters. The molecule has 0 aliphatic heterocycles. The van der Waals surface area contributed by atoms with Gasteiger partial charge in [0.1, 0.15) is 0 Å². The Balaban J connectivity index is 1.79. The fraction of sp³-hybridized carbons (Fsp3) is 0.227. The molecule has 25 heavy (non-hydrogen) atoms. The van der Waals surface area contributed by atoms with Gasteiger partial charge in [-0.1, -0.05) is 19.1 Å². The molecule has 3 aromatic rings. The van der Waals surface area contributed by atoms with Gasteiger partial charge in [0.25, 0.3) is 0 Å². The van der Waals surface area contributed by atoms with Crippen LogP contribution >= 0.6 is 11.3 Å². The lowest BCUT2D eigenvalue weighted by atomic mass is 10.1. The molecule has 0 saturated heterocycles. The number of anilines is 1. The molecule has 0 fully saturated rings. The number of nitrogens with one attached hydrogen (secondary N) is 1. The Morgan fingerprint density at radius 2 is 2.04 bits per heavy atom. The summed E-state index contributed by atoms with van der Waals surface area (Å²) < 4.78 is 1.34. The number of aryl methyl sites for hydroxylation is 1. The molecule has 0 amide bonds. The van der Waals surface area contributed by atoms with Gasteiger partial charge in [0.15, 0.2) is 0 Å². The van der Waals surface area contributed by atoms with Crippen LogP contribution in [0.1, 0.15) is 32.1 Å². The van der Waals surface area contributed by atoms with E-state index in [9.17, 15) is 0 Å². The maximum atomic E-state index is 4.59. The maximum Gasteiger partial charge on any atom is 0.0729 e. The van der Waals surface area contributed by atoms with Crippen molar-refractivity contribution in [1.82, 2.24) is 4.98 Å². The van der Waals surface area contributed by atoms with Crippen LogP contribution in [-0.4, -0.2) is 4.98 Å². The number of benzene rings is 1. The Morgan fingerprint density at radius 3 is 2.88 bits per heavy atom. The first-order valence-corrected chi connectivity index (χ1v) is 9.58. The molecule has 1 aliphatic rings. The summed E-state index contributed by atoms with van der Waals surface area (Å²) in [5.74, 6) is 0. The maximum absolute atomic E-state index is 4.59. The molecule has 0 atom stereocenters. The number of aromatic nitrogens is 1. The van der Waals surface area contributed by atoms with Crippen LogP contribution in [-0.2, 0) is 6.42 Å². The summed E-state index contributed by atoms with van der Waals surface area (Å²) in [5.41, 5.74) is 6.03. The Morgan fingerprint density at radius 1 is 1.16 bits per heavy atom. The largest absolute Gasteiger partial charge is 0.358 e. The molecular formula is C22H22N2S. The Hall–Kier alpha value is -2.39. The third-order valence-electron chi connectivity index (χ3n) is 4.79. The van der Waals surface area contributed by atoms with Crippen LogP contribution < -0.4 is 5.32 Å². The van der Waals surface area contributed by atoms with E-state index in [-0.39, 0.29) is 0 Å². The molecule has 1 aliphatic carbocycles. The second-order valence-electron chi connectivity index (χ2n) is 6.60. The van der Waals surface area contributed by atoms with Gasteiger partial charge >= 0.3 is 0 Å². The van der Waals surface area contributed by atoms with E-state index in [1.54, 1.807) is 0 Å². The summed E-state index contributed by atoms with van der Waals surface area (Å²) >= 11 is 1.88. The molecule has 0 bridgehead atoms. The highest BCUT2D eigenvalue weighted by molar-refractivity contribution is 7.19. The first-order chi connectivity index (χ1) is 12.1. The molecule has 1 N–H and O–H groups in total. The van der Waals surface area contributed by atoms with Crippen LogP contribution in [0.4, 0.5) is 5.69 Å². The predicted molar refractivity (Wildman–Crippen MR) is 110 cm³/mol.